The molecule has 2 unspecified atom stereocenters. The molecule has 0 bridgehead atoms. The molecule has 0 spiro atoms. The summed E-state index contributed by atoms with van der Waals surface area (Å²) >= 11 is 0. The van der Waals surface area contributed by atoms with Crippen LogP contribution in [0.1, 0.15) is 20.3 Å². The third kappa shape index (κ3) is 2.78. The second kappa shape index (κ2) is 5.85. The third-order valence-corrected chi connectivity index (χ3v) is 4.14. The van der Waals surface area contributed by atoms with E-state index in [4.69, 9.17) is 0 Å². The maximum absolute atomic E-state index is 10.2. The van der Waals surface area contributed by atoms with Gasteiger partial charge in [-0.3, -0.25) is 0 Å². The molecular formula is C16H22N4O. The molecule has 1 aliphatic rings. The van der Waals surface area contributed by atoms with Crippen molar-refractivity contribution >= 4 is 22.7 Å². The van der Waals surface area contributed by atoms with Crippen molar-refractivity contribution in [3.63, 3.8) is 0 Å². The SMILES string of the molecule is CCNc1nc(N2CCC(C)C(O)C2)c2ccccc2n1. The highest BCUT2D eigenvalue weighted by molar-refractivity contribution is 5.90. The number of benzene rings is 1. The number of hydrogen-bond donors (Lipinski definition) is 2. The summed E-state index contributed by atoms with van der Waals surface area (Å²) in [5.74, 6) is 1.92. The van der Waals surface area contributed by atoms with Gasteiger partial charge in [-0.2, -0.15) is 4.98 Å². The summed E-state index contributed by atoms with van der Waals surface area (Å²) in [6.45, 7) is 6.48. The van der Waals surface area contributed by atoms with Gasteiger partial charge in [-0.15, -0.1) is 0 Å². The number of nitrogens with one attached hydrogen (secondary N) is 1. The molecule has 2 aromatic rings. The van der Waals surface area contributed by atoms with Gasteiger partial charge in [0.25, 0.3) is 0 Å². The molecule has 3 rings (SSSR count). The van der Waals surface area contributed by atoms with Crippen LogP contribution in [0.2, 0.25) is 0 Å². The Kier molecular flexibility index (Phi) is 3.92. The highest BCUT2D eigenvalue weighted by Crippen LogP contribution is 2.29. The molecule has 0 radical (unpaired) electrons. The number of β-amino-alcohol motifs (C(OH)–C–C–N with tert-alkyl or cyclic N) is 1. The van der Waals surface area contributed by atoms with Crippen molar-refractivity contribution in [2.45, 2.75) is 26.4 Å². The van der Waals surface area contributed by atoms with E-state index in [9.17, 15) is 5.11 Å². The normalized spacial score (nSPS) is 22.5. The molecule has 1 saturated heterocycles. The smallest absolute Gasteiger partial charge is 0.225 e. The third-order valence-electron chi connectivity index (χ3n) is 4.14. The van der Waals surface area contributed by atoms with E-state index in [1.54, 1.807) is 0 Å². The number of fused-ring (bicyclic) bond motifs is 1. The number of anilines is 2. The molecule has 2 atom stereocenters. The van der Waals surface area contributed by atoms with E-state index in [2.05, 4.69) is 27.1 Å². The van der Waals surface area contributed by atoms with Crippen molar-refractivity contribution < 1.29 is 5.11 Å². The van der Waals surface area contributed by atoms with Crippen LogP contribution >= 0.6 is 0 Å². The Balaban J connectivity index is 2.03. The van der Waals surface area contributed by atoms with Crippen molar-refractivity contribution in [1.82, 2.24) is 9.97 Å². The maximum Gasteiger partial charge on any atom is 0.225 e. The van der Waals surface area contributed by atoms with E-state index in [0.29, 0.717) is 18.4 Å². The van der Waals surface area contributed by atoms with E-state index in [1.165, 1.54) is 0 Å². The van der Waals surface area contributed by atoms with Gasteiger partial charge in [0.05, 0.1) is 11.6 Å². The molecule has 2 heterocycles. The van der Waals surface area contributed by atoms with E-state index in [0.717, 1.165) is 36.2 Å². The predicted molar refractivity (Wildman–Crippen MR) is 85.7 cm³/mol. The van der Waals surface area contributed by atoms with Gasteiger partial charge in [0.15, 0.2) is 0 Å². The van der Waals surface area contributed by atoms with E-state index in [-0.39, 0.29) is 6.10 Å². The highest BCUT2D eigenvalue weighted by Gasteiger charge is 2.26. The molecule has 21 heavy (non-hydrogen) atoms. The lowest BCUT2D eigenvalue weighted by Crippen LogP contribution is -2.43. The van der Waals surface area contributed by atoms with Crippen LogP contribution in [0, 0.1) is 5.92 Å². The second-order valence-corrected chi connectivity index (χ2v) is 5.70. The lowest BCUT2D eigenvalue weighted by atomic mass is 9.96. The van der Waals surface area contributed by atoms with E-state index >= 15 is 0 Å². The minimum absolute atomic E-state index is 0.296. The first-order valence-corrected chi connectivity index (χ1v) is 7.62. The van der Waals surface area contributed by atoms with Crippen molar-refractivity contribution in [3.8, 4) is 0 Å². The fourth-order valence-corrected chi connectivity index (χ4v) is 2.78. The summed E-state index contributed by atoms with van der Waals surface area (Å²) in [6, 6.07) is 8.04. The molecule has 0 aliphatic carbocycles. The minimum Gasteiger partial charge on any atom is -0.391 e. The Morgan fingerprint density at radius 3 is 2.90 bits per heavy atom. The van der Waals surface area contributed by atoms with Crippen LogP contribution < -0.4 is 10.2 Å². The van der Waals surface area contributed by atoms with Crippen LogP contribution in [0.15, 0.2) is 24.3 Å². The maximum atomic E-state index is 10.2. The largest absolute Gasteiger partial charge is 0.391 e. The topological polar surface area (TPSA) is 61.3 Å². The van der Waals surface area contributed by atoms with Gasteiger partial charge in [0.1, 0.15) is 5.82 Å². The number of aromatic nitrogens is 2. The molecule has 1 aromatic carbocycles. The fraction of sp³-hybridized carbons (Fsp3) is 0.500. The zero-order valence-electron chi connectivity index (χ0n) is 12.6. The average Bonchev–Trinajstić information content (AvgIpc) is 2.50. The zero-order valence-corrected chi connectivity index (χ0v) is 12.6. The molecule has 2 N–H and O–H groups in total. The minimum atomic E-state index is -0.296. The molecule has 0 amide bonds. The summed E-state index contributed by atoms with van der Waals surface area (Å²) in [5, 5.41) is 14.4. The predicted octanol–water partition coefficient (Wildman–Crippen LogP) is 2.27. The van der Waals surface area contributed by atoms with Gasteiger partial charge in [0.2, 0.25) is 5.95 Å². The number of piperidine rings is 1. The molecule has 112 valence electrons. The van der Waals surface area contributed by atoms with E-state index in [1.807, 2.05) is 31.2 Å². The molecule has 5 heteroatoms. The first-order valence-electron chi connectivity index (χ1n) is 7.62. The highest BCUT2D eigenvalue weighted by atomic mass is 16.3. The Labute approximate surface area is 125 Å². The first-order chi connectivity index (χ1) is 10.2. The van der Waals surface area contributed by atoms with Gasteiger partial charge in [-0.05, 0) is 31.4 Å². The van der Waals surface area contributed by atoms with Gasteiger partial charge >= 0.3 is 0 Å². The van der Waals surface area contributed by atoms with Crippen molar-refractivity contribution in [2.24, 2.45) is 5.92 Å². The van der Waals surface area contributed by atoms with Gasteiger partial charge in [0, 0.05) is 25.0 Å². The second-order valence-electron chi connectivity index (χ2n) is 5.70. The lowest BCUT2D eigenvalue weighted by molar-refractivity contribution is 0.103. The molecule has 5 nitrogen and oxygen atoms in total. The number of aliphatic hydroxyl groups excluding tert-OH is 1. The molecule has 1 fully saturated rings. The van der Waals surface area contributed by atoms with Crippen LogP contribution in [-0.4, -0.2) is 40.8 Å². The Hall–Kier alpha value is -1.88. The van der Waals surface area contributed by atoms with Gasteiger partial charge in [-0.25, -0.2) is 4.98 Å². The van der Waals surface area contributed by atoms with Crippen molar-refractivity contribution in [3.05, 3.63) is 24.3 Å². The number of rotatable bonds is 3. The lowest BCUT2D eigenvalue weighted by Gasteiger charge is -2.35. The Morgan fingerprint density at radius 2 is 2.14 bits per heavy atom. The van der Waals surface area contributed by atoms with Crippen LogP contribution in [0.25, 0.3) is 10.9 Å². The molecule has 1 aromatic heterocycles. The van der Waals surface area contributed by atoms with Gasteiger partial charge in [-0.1, -0.05) is 19.1 Å². The number of aliphatic hydroxyl groups is 1. The van der Waals surface area contributed by atoms with Crippen LogP contribution in [0.3, 0.4) is 0 Å². The van der Waals surface area contributed by atoms with Gasteiger partial charge < -0.3 is 15.3 Å². The Morgan fingerprint density at radius 1 is 1.33 bits per heavy atom. The molecule has 0 saturated carbocycles. The standard InChI is InChI=1S/C16H22N4O/c1-3-17-16-18-13-7-5-4-6-12(13)15(19-16)20-9-8-11(2)14(21)10-20/h4-7,11,14,21H,3,8-10H2,1-2H3,(H,17,18,19). The zero-order chi connectivity index (χ0) is 14.8. The van der Waals surface area contributed by atoms with Crippen LogP contribution in [-0.2, 0) is 0 Å². The van der Waals surface area contributed by atoms with E-state index < -0.39 is 0 Å². The monoisotopic (exact) mass is 286 g/mol. The molecule has 1 aliphatic heterocycles. The average molecular weight is 286 g/mol. The number of para-hydroxylation sites is 1. The number of hydrogen-bond acceptors (Lipinski definition) is 5. The van der Waals surface area contributed by atoms with Crippen molar-refractivity contribution in [1.29, 1.82) is 0 Å². The molecular weight excluding hydrogens is 264 g/mol. The Bertz CT molecular complexity index is 631. The number of nitrogens with zero attached hydrogens (tertiary/aromatic N) is 3. The summed E-state index contributed by atoms with van der Waals surface area (Å²) in [4.78, 5) is 11.4. The summed E-state index contributed by atoms with van der Waals surface area (Å²) in [5.41, 5.74) is 0.937. The summed E-state index contributed by atoms with van der Waals surface area (Å²) in [7, 11) is 0. The van der Waals surface area contributed by atoms with Crippen LogP contribution in [0.4, 0.5) is 11.8 Å². The summed E-state index contributed by atoms with van der Waals surface area (Å²) < 4.78 is 0. The van der Waals surface area contributed by atoms with Crippen molar-refractivity contribution in [2.75, 3.05) is 29.9 Å². The fourth-order valence-electron chi connectivity index (χ4n) is 2.78. The van der Waals surface area contributed by atoms with Crippen LogP contribution in [0.5, 0.6) is 0 Å². The first kappa shape index (κ1) is 14.1. The quantitative estimate of drug-likeness (QED) is 0.906. The summed E-state index contributed by atoms with van der Waals surface area (Å²) in [6.07, 6.45) is 0.686.